The molecular weight excluding hydrogens is 406 g/mol. The number of rotatable bonds is 7. The Labute approximate surface area is 187 Å². The number of nitrogens with zero attached hydrogens (tertiary/aromatic N) is 2. The predicted octanol–water partition coefficient (Wildman–Crippen LogP) is 3.95. The Kier molecular flexibility index (Phi) is 6.47. The van der Waals surface area contributed by atoms with Crippen molar-refractivity contribution in [2.24, 2.45) is 5.41 Å². The van der Waals surface area contributed by atoms with Crippen LogP contribution in [0.4, 0.5) is 0 Å². The Morgan fingerprint density at radius 1 is 1.13 bits per heavy atom. The molecule has 0 bridgehead atoms. The van der Waals surface area contributed by atoms with Gasteiger partial charge in [0.15, 0.2) is 0 Å². The van der Waals surface area contributed by atoms with Crippen LogP contribution in [0.3, 0.4) is 0 Å². The standard InChI is InChI=1S/C25H27N3O2S/c1-2-27-24(30)25(16-19-7-9-21(10-8-19)22-6-4-14-31-22)11-13-28(18-25)23(29)15-20-5-3-12-26-17-20/h3-10,12,14,17H,2,11,13,15-16,18H2,1H3,(H,27,30)/t25-/m0/s1. The smallest absolute Gasteiger partial charge is 0.228 e. The number of pyridine rings is 1. The van der Waals surface area contributed by atoms with Gasteiger partial charge in [-0.2, -0.15) is 0 Å². The minimum Gasteiger partial charge on any atom is -0.356 e. The molecule has 3 aromatic rings. The van der Waals surface area contributed by atoms with E-state index < -0.39 is 5.41 Å². The van der Waals surface area contributed by atoms with E-state index in [2.05, 4.69) is 46.0 Å². The number of hydrogen-bond donors (Lipinski definition) is 1. The largest absolute Gasteiger partial charge is 0.356 e. The second-order valence-corrected chi connectivity index (χ2v) is 9.04. The first-order valence-corrected chi connectivity index (χ1v) is 11.6. The third kappa shape index (κ3) is 4.85. The van der Waals surface area contributed by atoms with E-state index >= 15 is 0 Å². The molecule has 3 heterocycles. The number of nitrogens with one attached hydrogen (secondary N) is 1. The van der Waals surface area contributed by atoms with Gasteiger partial charge < -0.3 is 10.2 Å². The van der Waals surface area contributed by atoms with Crippen LogP contribution in [0.25, 0.3) is 10.4 Å². The summed E-state index contributed by atoms with van der Waals surface area (Å²) in [5.41, 5.74) is 2.61. The Hall–Kier alpha value is -2.99. The van der Waals surface area contributed by atoms with Gasteiger partial charge in [-0.1, -0.05) is 36.4 Å². The van der Waals surface area contributed by atoms with Crippen molar-refractivity contribution in [3.8, 4) is 10.4 Å². The summed E-state index contributed by atoms with van der Waals surface area (Å²) in [6.45, 7) is 3.57. The average Bonchev–Trinajstić information content (AvgIpc) is 3.47. The van der Waals surface area contributed by atoms with Crippen LogP contribution in [0.15, 0.2) is 66.3 Å². The topological polar surface area (TPSA) is 62.3 Å². The molecule has 31 heavy (non-hydrogen) atoms. The van der Waals surface area contributed by atoms with Crippen LogP contribution in [0.1, 0.15) is 24.5 Å². The highest BCUT2D eigenvalue weighted by atomic mass is 32.1. The number of amides is 2. The number of carbonyl (C=O) groups is 2. The lowest BCUT2D eigenvalue weighted by molar-refractivity contribution is -0.132. The monoisotopic (exact) mass is 433 g/mol. The fraction of sp³-hybridized carbons (Fsp3) is 0.320. The van der Waals surface area contributed by atoms with Crippen LogP contribution in [0.2, 0.25) is 0 Å². The fourth-order valence-electron chi connectivity index (χ4n) is 4.25. The molecule has 0 saturated carbocycles. The zero-order chi connectivity index (χ0) is 21.7. The van der Waals surface area contributed by atoms with Gasteiger partial charge in [0, 0.05) is 36.9 Å². The Bertz CT molecular complexity index is 1020. The molecule has 1 N–H and O–H groups in total. The van der Waals surface area contributed by atoms with Crippen molar-refractivity contribution in [2.75, 3.05) is 19.6 Å². The lowest BCUT2D eigenvalue weighted by atomic mass is 9.79. The highest BCUT2D eigenvalue weighted by Crippen LogP contribution is 2.36. The van der Waals surface area contributed by atoms with Crippen molar-refractivity contribution in [3.05, 3.63) is 77.4 Å². The molecule has 1 aliphatic heterocycles. The van der Waals surface area contributed by atoms with Crippen molar-refractivity contribution in [2.45, 2.75) is 26.2 Å². The molecule has 160 valence electrons. The van der Waals surface area contributed by atoms with Crippen LogP contribution in [0.5, 0.6) is 0 Å². The molecular formula is C25H27N3O2S. The quantitative estimate of drug-likeness (QED) is 0.614. The molecule has 1 aliphatic rings. The van der Waals surface area contributed by atoms with E-state index in [-0.39, 0.29) is 11.8 Å². The number of aromatic nitrogens is 1. The Morgan fingerprint density at radius 2 is 1.97 bits per heavy atom. The first-order valence-electron chi connectivity index (χ1n) is 10.7. The molecule has 1 saturated heterocycles. The zero-order valence-corrected chi connectivity index (χ0v) is 18.5. The molecule has 2 aromatic heterocycles. The number of carbonyl (C=O) groups excluding carboxylic acids is 2. The van der Waals surface area contributed by atoms with Gasteiger partial charge in [0.05, 0.1) is 11.8 Å². The predicted molar refractivity (Wildman–Crippen MR) is 124 cm³/mol. The molecule has 5 nitrogen and oxygen atoms in total. The molecule has 1 atom stereocenters. The van der Waals surface area contributed by atoms with Gasteiger partial charge in [-0.3, -0.25) is 14.6 Å². The van der Waals surface area contributed by atoms with Crippen LogP contribution < -0.4 is 5.32 Å². The Morgan fingerprint density at radius 3 is 2.65 bits per heavy atom. The van der Waals surface area contributed by atoms with Crippen molar-refractivity contribution >= 4 is 23.2 Å². The number of hydrogen-bond acceptors (Lipinski definition) is 4. The van der Waals surface area contributed by atoms with E-state index in [0.717, 1.165) is 11.1 Å². The minimum absolute atomic E-state index is 0.0361. The molecule has 1 aromatic carbocycles. The molecule has 0 radical (unpaired) electrons. The number of likely N-dealkylation sites (tertiary alicyclic amines) is 1. The zero-order valence-electron chi connectivity index (χ0n) is 17.7. The molecule has 0 spiro atoms. The maximum Gasteiger partial charge on any atom is 0.228 e. The first kappa shape index (κ1) is 21.2. The van der Waals surface area contributed by atoms with Gasteiger partial charge in [0.2, 0.25) is 11.8 Å². The number of thiophene rings is 1. The van der Waals surface area contributed by atoms with Crippen LogP contribution >= 0.6 is 11.3 Å². The molecule has 6 heteroatoms. The summed E-state index contributed by atoms with van der Waals surface area (Å²) in [4.78, 5) is 33.1. The van der Waals surface area contributed by atoms with Crippen molar-refractivity contribution in [1.82, 2.24) is 15.2 Å². The summed E-state index contributed by atoms with van der Waals surface area (Å²) < 4.78 is 0. The van der Waals surface area contributed by atoms with E-state index in [9.17, 15) is 9.59 Å². The maximum atomic E-state index is 13.1. The summed E-state index contributed by atoms with van der Waals surface area (Å²) in [7, 11) is 0. The van der Waals surface area contributed by atoms with Gasteiger partial charge in [-0.05, 0) is 54.0 Å². The van der Waals surface area contributed by atoms with Crippen LogP contribution in [-0.4, -0.2) is 41.3 Å². The molecule has 0 aliphatic carbocycles. The lowest BCUT2D eigenvalue weighted by Gasteiger charge is -2.28. The highest BCUT2D eigenvalue weighted by molar-refractivity contribution is 7.13. The lowest BCUT2D eigenvalue weighted by Crippen LogP contribution is -2.45. The van der Waals surface area contributed by atoms with E-state index in [1.54, 1.807) is 23.7 Å². The fourth-order valence-corrected chi connectivity index (χ4v) is 4.99. The minimum atomic E-state index is -0.592. The van der Waals surface area contributed by atoms with Crippen LogP contribution in [-0.2, 0) is 22.4 Å². The van der Waals surface area contributed by atoms with Gasteiger partial charge in [-0.25, -0.2) is 0 Å². The average molecular weight is 434 g/mol. The molecule has 0 unspecified atom stereocenters. The van der Waals surface area contributed by atoms with E-state index in [1.807, 2.05) is 30.0 Å². The molecule has 2 amide bonds. The first-order chi connectivity index (χ1) is 15.1. The van der Waals surface area contributed by atoms with Crippen LogP contribution in [0, 0.1) is 5.41 Å². The van der Waals surface area contributed by atoms with Gasteiger partial charge in [0.1, 0.15) is 0 Å². The number of benzene rings is 1. The maximum absolute atomic E-state index is 13.1. The van der Waals surface area contributed by atoms with E-state index in [0.29, 0.717) is 38.9 Å². The van der Waals surface area contributed by atoms with Gasteiger partial charge in [0.25, 0.3) is 0 Å². The van der Waals surface area contributed by atoms with E-state index in [1.165, 1.54) is 10.4 Å². The van der Waals surface area contributed by atoms with Gasteiger partial charge in [-0.15, -0.1) is 11.3 Å². The van der Waals surface area contributed by atoms with Gasteiger partial charge >= 0.3 is 0 Å². The molecule has 4 rings (SSSR count). The van der Waals surface area contributed by atoms with Crippen molar-refractivity contribution in [3.63, 3.8) is 0 Å². The summed E-state index contributed by atoms with van der Waals surface area (Å²) in [5.74, 6) is 0.0845. The normalized spacial score (nSPS) is 18.2. The summed E-state index contributed by atoms with van der Waals surface area (Å²) >= 11 is 1.72. The summed E-state index contributed by atoms with van der Waals surface area (Å²) in [5, 5.41) is 5.08. The Balaban J connectivity index is 1.50. The second-order valence-electron chi connectivity index (χ2n) is 8.09. The third-order valence-electron chi connectivity index (χ3n) is 5.91. The summed E-state index contributed by atoms with van der Waals surface area (Å²) in [6, 6.07) is 16.4. The molecule has 1 fully saturated rings. The van der Waals surface area contributed by atoms with E-state index in [4.69, 9.17) is 0 Å². The highest BCUT2D eigenvalue weighted by Gasteiger charge is 2.45. The summed E-state index contributed by atoms with van der Waals surface area (Å²) in [6.07, 6.45) is 5.03. The SMILES string of the molecule is CCNC(=O)[C@]1(Cc2ccc(-c3cccs3)cc2)CCN(C(=O)Cc2cccnc2)C1. The third-order valence-corrected chi connectivity index (χ3v) is 6.82. The second kappa shape index (κ2) is 9.43. The van der Waals surface area contributed by atoms with Crippen molar-refractivity contribution < 1.29 is 9.59 Å². The van der Waals surface area contributed by atoms with Crippen molar-refractivity contribution in [1.29, 1.82) is 0 Å².